The highest BCUT2D eigenvalue weighted by Gasteiger charge is 2.16. The van der Waals surface area contributed by atoms with E-state index >= 15 is 0 Å². The molecular formula is C14H19ClN2O3. The van der Waals surface area contributed by atoms with Crippen molar-refractivity contribution in [2.24, 2.45) is 0 Å². The van der Waals surface area contributed by atoms with Crippen LogP contribution >= 0.6 is 11.6 Å². The van der Waals surface area contributed by atoms with E-state index in [0.717, 1.165) is 5.56 Å². The highest BCUT2D eigenvalue weighted by Crippen LogP contribution is 2.09. The van der Waals surface area contributed by atoms with Crippen molar-refractivity contribution in [2.75, 3.05) is 13.2 Å². The van der Waals surface area contributed by atoms with Crippen LogP contribution in [-0.4, -0.2) is 36.1 Å². The maximum Gasteiger partial charge on any atom is 0.309 e. The van der Waals surface area contributed by atoms with Crippen molar-refractivity contribution in [3.8, 4) is 0 Å². The average molecular weight is 299 g/mol. The van der Waals surface area contributed by atoms with Crippen molar-refractivity contribution in [3.05, 3.63) is 34.9 Å². The summed E-state index contributed by atoms with van der Waals surface area (Å²) in [4.78, 5) is 23.0. The summed E-state index contributed by atoms with van der Waals surface area (Å²) in [6, 6.07) is 6.90. The molecule has 3 N–H and O–H groups in total. The highest BCUT2D eigenvalue weighted by molar-refractivity contribution is 6.35. The minimum Gasteiger partial charge on any atom is -0.394 e. The Kier molecular flexibility index (Phi) is 7.04. The number of amides is 2. The van der Waals surface area contributed by atoms with Crippen molar-refractivity contribution in [2.45, 2.75) is 25.8 Å². The molecule has 0 aliphatic carbocycles. The first-order chi connectivity index (χ1) is 9.56. The van der Waals surface area contributed by atoms with Crippen molar-refractivity contribution in [1.82, 2.24) is 10.6 Å². The van der Waals surface area contributed by atoms with Crippen LogP contribution in [0.1, 0.15) is 18.9 Å². The number of carbonyl (C=O) groups excluding carboxylic acids is 2. The molecule has 0 fully saturated rings. The molecule has 0 radical (unpaired) electrons. The summed E-state index contributed by atoms with van der Waals surface area (Å²) in [5, 5.41) is 14.6. The monoisotopic (exact) mass is 298 g/mol. The predicted molar refractivity (Wildman–Crippen MR) is 77.5 cm³/mol. The van der Waals surface area contributed by atoms with Gasteiger partial charge in [0.1, 0.15) is 0 Å². The van der Waals surface area contributed by atoms with Crippen molar-refractivity contribution >= 4 is 23.4 Å². The minimum atomic E-state index is -0.720. The molecule has 1 aromatic rings. The first-order valence-corrected chi connectivity index (χ1v) is 6.88. The van der Waals surface area contributed by atoms with Gasteiger partial charge in [0.25, 0.3) is 0 Å². The van der Waals surface area contributed by atoms with Crippen LogP contribution in [-0.2, 0) is 16.0 Å². The van der Waals surface area contributed by atoms with Gasteiger partial charge in [-0.3, -0.25) is 9.59 Å². The minimum absolute atomic E-state index is 0.180. The van der Waals surface area contributed by atoms with Gasteiger partial charge in [0.15, 0.2) is 0 Å². The predicted octanol–water partition coefficient (Wildman–Crippen LogP) is 0.886. The Morgan fingerprint density at radius 3 is 2.45 bits per heavy atom. The van der Waals surface area contributed by atoms with Crippen molar-refractivity contribution < 1.29 is 14.7 Å². The number of aliphatic hydroxyl groups excluding tert-OH is 1. The molecule has 0 saturated heterocycles. The largest absolute Gasteiger partial charge is 0.394 e. The molecule has 0 aliphatic heterocycles. The van der Waals surface area contributed by atoms with Gasteiger partial charge in [-0.15, -0.1) is 0 Å². The van der Waals surface area contributed by atoms with Crippen LogP contribution in [0.5, 0.6) is 0 Å². The van der Waals surface area contributed by atoms with E-state index in [9.17, 15) is 9.59 Å². The Morgan fingerprint density at radius 2 is 1.90 bits per heavy atom. The van der Waals surface area contributed by atoms with E-state index in [1.165, 1.54) is 0 Å². The summed E-state index contributed by atoms with van der Waals surface area (Å²) in [6.45, 7) is 2.00. The van der Waals surface area contributed by atoms with Crippen LogP contribution in [0, 0.1) is 0 Å². The Labute approximate surface area is 123 Å². The maximum atomic E-state index is 11.5. The quantitative estimate of drug-likeness (QED) is 0.682. The molecule has 110 valence electrons. The summed E-state index contributed by atoms with van der Waals surface area (Å²) in [5.41, 5.74) is 1.02. The van der Waals surface area contributed by atoms with E-state index < -0.39 is 11.8 Å². The zero-order valence-electron chi connectivity index (χ0n) is 11.4. The summed E-state index contributed by atoms with van der Waals surface area (Å²) < 4.78 is 0. The Balaban J connectivity index is 2.32. The van der Waals surface area contributed by atoms with Gasteiger partial charge in [-0.1, -0.05) is 30.7 Å². The van der Waals surface area contributed by atoms with Gasteiger partial charge < -0.3 is 15.7 Å². The molecule has 1 rings (SSSR count). The number of rotatable bonds is 6. The first kappa shape index (κ1) is 16.5. The average Bonchev–Trinajstić information content (AvgIpc) is 2.46. The summed E-state index contributed by atoms with van der Waals surface area (Å²) >= 11 is 5.77. The first-order valence-electron chi connectivity index (χ1n) is 6.50. The maximum absolute atomic E-state index is 11.5. The van der Waals surface area contributed by atoms with E-state index in [1.54, 1.807) is 12.1 Å². The summed E-state index contributed by atoms with van der Waals surface area (Å²) in [5.74, 6) is -1.41. The third-order valence-corrected chi connectivity index (χ3v) is 3.12. The fourth-order valence-electron chi connectivity index (χ4n) is 1.58. The van der Waals surface area contributed by atoms with Gasteiger partial charge in [0, 0.05) is 11.6 Å². The number of hydrogen-bond acceptors (Lipinski definition) is 3. The van der Waals surface area contributed by atoms with Crippen LogP contribution in [0.25, 0.3) is 0 Å². The molecule has 6 heteroatoms. The molecule has 0 aliphatic rings. The molecular weight excluding hydrogens is 280 g/mol. The number of aliphatic hydroxyl groups is 1. The van der Waals surface area contributed by atoms with E-state index in [1.807, 2.05) is 19.1 Å². The standard InChI is InChI=1S/C14H19ClN2O3/c1-2-12(9-18)17-14(20)13(19)16-8-7-10-3-5-11(15)6-4-10/h3-6,12,18H,2,7-9H2,1H3,(H,16,19)(H,17,20)/t12-/m0/s1. The van der Waals surface area contributed by atoms with Crippen molar-refractivity contribution in [3.63, 3.8) is 0 Å². The van der Waals surface area contributed by atoms with Gasteiger partial charge in [-0.05, 0) is 30.5 Å². The van der Waals surface area contributed by atoms with Crippen LogP contribution in [0.3, 0.4) is 0 Å². The Morgan fingerprint density at radius 1 is 1.25 bits per heavy atom. The zero-order valence-corrected chi connectivity index (χ0v) is 12.1. The van der Waals surface area contributed by atoms with Gasteiger partial charge in [0.2, 0.25) is 0 Å². The van der Waals surface area contributed by atoms with E-state index in [-0.39, 0.29) is 12.6 Å². The molecule has 1 atom stereocenters. The molecule has 0 spiro atoms. The molecule has 0 aromatic heterocycles. The second-order valence-corrected chi connectivity index (χ2v) is 4.83. The molecule has 0 bridgehead atoms. The number of hydrogen-bond donors (Lipinski definition) is 3. The molecule has 2 amide bonds. The SMILES string of the molecule is CC[C@@H](CO)NC(=O)C(=O)NCCc1ccc(Cl)cc1. The van der Waals surface area contributed by atoms with Gasteiger partial charge in [0.05, 0.1) is 12.6 Å². The lowest BCUT2D eigenvalue weighted by Gasteiger charge is -2.13. The molecule has 0 heterocycles. The van der Waals surface area contributed by atoms with Gasteiger partial charge in [-0.25, -0.2) is 0 Å². The smallest absolute Gasteiger partial charge is 0.309 e. The number of nitrogens with one attached hydrogen (secondary N) is 2. The topological polar surface area (TPSA) is 78.4 Å². The fourth-order valence-corrected chi connectivity index (χ4v) is 1.71. The Hall–Kier alpha value is -1.59. The summed E-state index contributed by atoms with van der Waals surface area (Å²) in [6.07, 6.45) is 1.19. The number of carbonyl (C=O) groups is 2. The molecule has 0 saturated carbocycles. The molecule has 5 nitrogen and oxygen atoms in total. The fraction of sp³-hybridized carbons (Fsp3) is 0.429. The third kappa shape index (κ3) is 5.59. The molecule has 1 aromatic carbocycles. The number of benzene rings is 1. The van der Waals surface area contributed by atoms with Crippen LogP contribution in [0.2, 0.25) is 5.02 Å². The van der Waals surface area contributed by atoms with Crippen molar-refractivity contribution in [1.29, 1.82) is 0 Å². The van der Waals surface area contributed by atoms with E-state index in [0.29, 0.717) is 24.4 Å². The third-order valence-electron chi connectivity index (χ3n) is 2.87. The van der Waals surface area contributed by atoms with Gasteiger partial charge in [-0.2, -0.15) is 0 Å². The lowest BCUT2D eigenvalue weighted by molar-refractivity contribution is -0.139. The number of halogens is 1. The van der Waals surface area contributed by atoms with E-state index in [2.05, 4.69) is 10.6 Å². The van der Waals surface area contributed by atoms with E-state index in [4.69, 9.17) is 16.7 Å². The second-order valence-electron chi connectivity index (χ2n) is 4.39. The Bertz CT molecular complexity index is 444. The van der Waals surface area contributed by atoms with Crippen LogP contribution < -0.4 is 10.6 Å². The van der Waals surface area contributed by atoms with Crippen LogP contribution in [0.4, 0.5) is 0 Å². The van der Waals surface area contributed by atoms with Gasteiger partial charge >= 0.3 is 11.8 Å². The molecule has 20 heavy (non-hydrogen) atoms. The highest BCUT2D eigenvalue weighted by atomic mass is 35.5. The summed E-state index contributed by atoms with van der Waals surface area (Å²) in [7, 11) is 0. The lowest BCUT2D eigenvalue weighted by atomic mass is 10.1. The zero-order chi connectivity index (χ0) is 15.0. The van der Waals surface area contributed by atoms with Crippen LogP contribution in [0.15, 0.2) is 24.3 Å². The lowest BCUT2D eigenvalue weighted by Crippen LogP contribution is -2.46. The normalized spacial score (nSPS) is 11.8. The molecule has 0 unspecified atom stereocenters. The second kappa shape index (κ2) is 8.55.